The molecule has 0 saturated heterocycles. The number of ether oxygens (including phenoxy) is 1. The summed E-state index contributed by atoms with van der Waals surface area (Å²) in [6.07, 6.45) is 0. The van der Waals surface area contributed by atoms with Crippen molar-refractivity contribution in [2.24, 2.45) is 11.8 Å². The molecule has 5 nitrogen and oxygen atoms in total. The lowest BCUT2D eigenvalue weighted by Gasteiger charge is -2.26. The number of anilines is 1. The van der Waals surface area contributed by atoms with E-state index >= 15 is 0 Å². The van der Waals surface area contributed by atoms with Gasteiger partial charge in [0.2, 0.25) is 0 Å². The number of rotatable bonds is 7. The number of benzene rings is 1. The van der Waals surface area contributed by atoms with Crippen molar-refractivity contribution in [3.63, 3.8) is 0 Å². The van der Waals surface area contributed by atoms with Crippen molar-refractivity contribution in [1.29, 1.82) is 0 Å². The zero-order valence-corrected chi connectivity index (χ0v) is 15.9. The molecule has 1 rings (SSSR count). The van der Waals surface area contributed by atoms with E-state index in [1.165, 1.54) is 12.1 Å². The molecule has 7 heteroatoms. The second-order valence-electron chi connectivity index (χ2n) is 6.51. The van der Waals surface area contributed by atoms with Gasteiger partial charge in [0.05, 0.1) is 16.3 Å². The van der Waals surface area contributed by atoms with Gasteiger partial charge in [0.25, 0.3) is 5.91 Å². The van der Waals surface area contributed by atoms with Crippen LogP contribution in [0.3, 0.4) is 0 Å². The Morgan fingerprint density at radius 2 is 1.67 bits per heavy atom. The lowest BCUT2D eigenvalue weighted by atomic mass is 10.1. The Hall–Kier alpha value is -1.46. The minimum atomic E-state index is -0.723. The van der Waals surface area contributed by atoms with Crippen molar-refractivity contribution in [2.75, 3.05) is 25.4 Å². The molecule has 0 aliphatic heterocycles. The van der Waals surface area contributed by atoms with Gasteiger partial charge in [-0.2, -0.15) is 0 Å². The van der Waals surface area contributed by atoms with E-state index in [2.05, 4.69) is 0 Å². The summed E-state index contributed by atoms with van der Waals surface area (Å²) in [6.45, 7) is 8.99. The Morgan fingerprint density at radius 3 is 2.17 bits per heavy atom. The van der Waals surface area contributed by atoms with Gasteiger partial charge in [0.15, 0.2) is 6.61 Å². The van der Waals surface area contributed by atoms with Crippen molar-refractivity contribution in [1.82, 2.24) is 4.90 Å². The van der Waals surface area contributed by atoms with E-state index in [9.17, 15) is 9.59 Å². The molecule has 0 spiro atoms. The third-order valence-corrected chi connectivity index (χ3v) is 3.70. The highest BCUT2D eigenvalue weighted by Gasteiger charge is 2.20. The number of nitrogen functional groups attached to an aromatic ring is 1. The van der Waals surface area contributed by atoms with Gasteiger partial charge in [-0.1, -0.05) is 50.9 Å². The molecule has 0 fully saturated rings. The smallest absolute Gasteiger partial charge is 0.340 e. The van der Waals surface area contributed by atoms with E-state index in [1.54, 1.807) is 4.90 Å². The molecule has 2 N–H and O–H groups in total. The first-order valence-corrected chi connectivity index (χ1v) is 8.56. The van der Waals surface area contributed by atoms with Gasteiger partial charge in [0, 0.05) is 18.1 Å². The highest BCUT2D eigenvalue weighted by atomic mass is 35.5. The van der Waals surface area contributed by atoms with Crippen molar-refractivity contribution in [2.45, 2.75) is 27.7 Å². The van der Waals surface area contributed by atoms with Gasteiger partial charge in [0.1, 0.15) is 0 Å². The Balaban J connectivity index is 2.76. The fourth-order valence-corrected chi connectivity index (χ4v) is 2.70. The first-order chi connectivity index (χ1) is 11.1. The lowest BCUT2D eigenvalue weighted by Crippen LogP contribution is -2.39. The minimum absolute atomic E-state index is 0.0552. The summed E-state index contributed by atoms with van der Waals surface area (Å²) in [5.41, 5.74) is 5.90. The summed E-state index contributed by atoms with van der Waals surface area (Å²) in [5, 5.41) is 0.440. The van der Waals surface area contributed by atoms with Crippen LogP contribution in [0.4, 0.5) is 5.69 Å². The molecule has 0 aliphatic carbocycles. The number of halogens is 2. The van der Waals surface area contributed by atoms with Crippen molar-refractivity contribution in [3.8, 4) is 0 Å². The summed E-state index contributed by atoms with van der Waals surface area (Å²) in [4.78, 5) is 26.2. The second kappa shape index (κ2) is 9.14. The number of hydrogen-bond acceptors (Lipinski definition) is 4. The fraction of sp³-hybridized carbons (Fsp3) is 0.529. The zero-order valence-electron chi connectivity index (χ0n) is 14.4. The van der Waals surface area contributed by atoms with Crippen LogP contribution in [-0.4, -0.2) is 36.5 Å². The first kappa shape index (κ1) is 20.6. The van der Waals surface area contributed by atoms with Crippen molar-refractivity contribution in [3.05, 3.63) is 27.7 Å². The predicted octanol–water partition coefficient (Wildman–Crippen LogP) is 3.87. The number of amides is 1. The van der Waals surface area contributed by atoms with E-state index in [0.29, 0.717) is 24.9 Å². The zero-order chi connectivity index (χ0) is 18.4. The molecule has 0 heterocycles. The average Bonchev–Trinajstić information content (AvgIpc) is 2.46. The molecule has 134 valence electrons. The Bertz CT molecular complexity index is 594. The molecule has 0 aliphatic rings. The molecule has 1 aromatic carbocycles. The minimum Gasteiger partial charge on any atom is -0.452 e. The SMILES string of the molecule is CC(C)CN(CC(C)C)C(=O)COC(=O)c1cc(Cl)cc(Cl)c1N. The molecule has 0 unspecified atom stereocenters. The van der Waals surface area contributed by atoms with Gasteiger partial charge in [-0.05, 0) is 24.0 Å². The van der Waals surface area contributed by atoms with Crippen LogP contribution in [0.25, 0.3) is 0 Å². The van der Waals surface area contributed by atoms with Crippen LogP contribution in [0.2, 0.25) is 10.0 Å². The molecule has 1 amide bonds. The standard InChI is InChI=1S/C17H24Cl2N2O3/c1-10(2)7-21(8-11(3)4)15(22)9-24-17(23)13-5-12(18)6-14(19)16(13)20/h5-6,10-11H,7-9,20H2,1-4H3. The maximum Gasteiger partial charge on any atom is 0.340 e. The van der Waals surface area contributed by atoms with Crippen LogP contribution in [0.5, 0.6) is 0 Å². The Labute approximate surface area is 153 Å². The molecule has 0 aromatic heterocycles. The average molecular weight is 375 g/mol. The normalized spacial score (nSPS) is 11.0. The van der Waals surface area contributed by atoms with Crippen LogP contribution < -0.4 is 5.73 Å². The monoisotopic (exact) mass is 374 g/mol. The van der Waals surface area contributed by atoms with E-state index in [4.69, 9.17) is 33.7 Å². The van der Waals surface area contributed by atoms with Gasteiger partial charge < -0.3 is 15.4 Å². The molecular formula is C17H24Cl2N2O3. The fourth-order valence-electron chi connectivity index (χ4n) is 2.21. The van der Waals surface area contributed by atoms with Crippen LogP contribution >= 0.6 is 23.2 Å². The quantitative estimate of drug-likeness (QED) is 0.580. The van der Waals surface area contributed by atoms with E-state index in [1.807, 2.05) is 27.7 Å². The van der Waals surface area contributed by atoms with Gasteiger partial charge in [-0.15, -0.1) is 0 Å². The maximum absolute atomic E-state index is 12.3. The summed E-state index contributed by atoms with van der Waals surface area (Å²) in [7, 11) is 0. The van der Waals surface area contributed by atoms with Gasteiger partial charge in [-0.3, -0.25) is 4.79 Å². The summed E-state index contributed by atoms with van der Waals surface area (Å²) in [5.74, 6) is -0.312. The number of carbonyl (C=O) groups is 2. The van der Waals surface area contributed by atoms with E-state index in [-0.39, 0.29) is 33.8 Å². The number of nitrogens with two attached hydrogens (primary N) is 1. The number of nitrogens with zero attached hydrogens (tertiary/aromatic N) is 1. The van der Waals surface area contributed by atoms with E-state index in [0.717, 1.165) is 0 Å². The molecule has 0 atom stereocenters. The molecule has 24 heavy (non-hydrogen) atoms. The van der Waals surface area contributed by atoms with Crippen molar-refractivity contribution < 1.29 is 14.3 Å². The lowest BCUT2D eigenvalue weighted by molar-refractivity contribution is -0.135. The third kappa shape index (κ3) is 6.21. The highest BCUT2D eigenvalue weighted by molar-refractivity contribution is 6.37. The first-order valence-electron chi connectivity index (χ1n) is 7.81. The largest absolute Gasteiger partial charge is 0.452 e. The molecule has 0 radical (unpaired) electrons. The summed E-state index contributed by atoms with van der Waals surface area (Å²) >= 11 is 11.8. The molecule has 1 aromatic rings. The predicted molar refractivity (Wildman–Crippen MR) is 97.4 cm³/mol. The van der Waals surface area contributed by atoms with Crippen molar-refractivity contribution >= 4 is 40.8 Å². The number of hydrogen-bond donors (Lipinski definition) is 1. The number of esters is 1. The third-order valence-electron chi connectivity index (χ3n) is 3.16. The van der Waals surface area contributed by atoms with E-state index < -0.39 is 5.97 Å². The number of carbonyl (C=O) groups excluding carboxylic acids is 2. The van der Waals surface area contributed by atoms with Crippen LogP contribution in [0, 0.1) is 11.8 Å². The topological polar surface area (TPSA) is 72.6 Å². The summed E-state index contributed by atoms with van der Waals surface area (Å²) in [6, 6.07) is 2.81. The Morgan fingerprint density at radius 1 is 1.12 bits per heavy atom. The maximum atomic E-state index is 12.3. The second-order valence-corrected chi connectivity index (χ2v) is 7.36. The van der Waals surface area contributed by atoms with Gasteiger partial charge in [-0.25, -0.2) is 4.79 Å². The summed E-state index contributed by atoms with van der Waals surface area (Å²) < 4.78 is 5.10. The molecular weight excluding hydrogens is 351 g/mol. The van der Waals surface area contributed by atoms with Crippen LogP contribution in [0.1, 0.15) is 38.1 Å². The molecule has 0 bridgehead atoms. The Kier molecular flexibility index (Phi) is 7.84. The molecule has 0 saturated carbocycles. The van der Waals surface area contributed by atoms with Crippen LogP contribution in [-0.2, 0) is 9.53 Å². The van der Waals surface area contributed by atoms with Crippen LogP contribution in [0.15, 0.2) is 12.1 Å². The van der Waals surface area contributed by atoms with Gasteiger partial charge >= 0.3 is 5.97 Å². The highest BCUT2D eigenvalue weighted by Crippen LogP contribution is 2.28.